The van der Waals surface area contributed by atoms with E-state index >= 15 is 0 Å². The van der Waals surface area contributed by atoms with E-state index in [4.69, 9.17) is 0 Å². The predicted octanol–water partition coefficient (Wildman–Crippen LogP) is 4.77. The van der Waals surface area contributed by atoms with Crippen molar-refractivity contribution in [2.24, 2.45) is 5.10 Å². The number of rotatable bonds is 3. The van der Waals surface area contributed by atoms with Crippen molar-refractivity contribution in [3.63, 3.8) is 0 Å². The van der Waals surface area contributed by atoms with Crippen molar-refractivity contribution in [1.82, 2.24) is 14.2 Å². The smallest absolute Gasteiger partial charge is 0.282 e. The fraction of sp³-hybridized carbons (Fsp3) is 0.261. The lowest BCUT2D eigenvalue weighted by Crippen LogP contribution is -2.18. The zero-order chi connectivity index (χ0) is 20.8. The van der Waals surface area contributed by atoms with Crippen LogP contribution in [-0.4, -0.2) is 20.4 Å². The molecule has 0 saturated carbocycles. The van der Waals surface area contributed by atoms with E-state index in [0.29, 0.717) is 0 Å². The number of benzene rings is 1. The van der Waals surface area contributed by atoms with Crippen LogP contribution in [0.25, 0.3) is 15.9 Å². The Morgan fingerprint density at radius 2 is 1.93 bits per heavy atom. The van der Waals surface area contributed by atoms with Crippen LogP contribution in [0.5, 0.6) is 0 Å². The van der Waals surface area contributed by atoms with Gasteiger partial charge in [0, 0.05) is 27.5 Å². The minimum absolute atomic E-state index is 0.108. The topological polar surface area (TPSA) is 52.2 Å². The van der Waals surface area contributed by atoms with Crippen molar-refractivity contribution in [3.05, 3.63) is 80.2 Å². The fourth-order valence-corrected chi connectivity index (χ4v) is 5.47. The van der Waals surface area contributed by atoms with Gasteiger partial charge >= 0.3 is 0 Å². The summed E-state index contributed by atoms with van der Waals surface area (Å²) in [5.74, 6) is -0.263. The Morgan fingerprint density at radius 1 is 1.17 bits per heavy atom. The van der Waals surface area contributed by atoms with E-state index in [1.165, 1.54) is 34.4 Å². The second kappa shape index (κ2) is 7.32. The van der Waals surface area contributed by atoms with Gasteiger partial charge in [-0.05, 0) is 75.4 Å². The summed E-state index contributed by atoms with van der Waals surface area (Å²) in [4.78, 5) is 19.7. The third-order valence-corrected chi connectivity index (χ3v) is 6.94. The van der Waals surface area contributed by atoms with E-state index in [1.54, 1.807) is 29.7 Å². The van der Waals surface area contributed by atoms with E-state index in [0.717, 1.165) is 57.7 Å². The Bertz CT molecular complexity index is 1340. The quantitative estimate of drug-likeness (QED) is 0.449. The minimum atomic E-state index is -0.263. The number of aryl methyl sites for hydroxylation is 3. The van der Waals surface area contributed by atoms with Gasteiger partial charge in [-0.15, -0.1) is 11.3 Å². The van der Waals surface area contributed by atoms with Crippen LogP contribution in [0.1, 0.15) is 40.2 Å². The molecule has 1 aromatic carbocycles. The lowest BCUT2D eigenvalue weighted by molar-refractivity contribution is 0.627. The molecule has 5 nitrogen and oxygen atoms in total. The summed E-state index contributed by atoms with van der Waals surface area (Å²) in [6, 6.07) is 8.40. The number of thiophene rings is 1. The van der Waals surface area contributed by atoms with Crippen molar-refractivity contribution >= 4 is 27.8 Å². The van der Waals surface area contributed by atoms with Crippen LogP contribution < -0.4 is 5.56 Å². The molecule has 0 N–H and O–H groups in total. The Balaban J connectivity index is 1.54. The highest BCUT2D eigenvalue weighted by Crippen LogP contribution is 2.33. The normalized spacial score (nSPS) is 14.0. The average molecular weight is 421 g/mol. The Kier molecular flexibility index (Phi) is 4.62. The molecule has 0 amide bonds. The molecule has 1 aliphatic rings. The molecule has 0 atom stereocenters. The van der Waals surface area contributed by atoms with Gasteiger partial charge < -0.3 is 4.57 Å². The lowest BCUT2D eigenvalue weighted by atomic mass is 9.97. The zero-order valence-electron chi connectivity index (χ0n) is 16.9. The highest BCUT2D eigenvalue weighted by molar-refractivity contribution is 7.18. The van der Waals surface area contributed by atoms with E-state index in [-0.39, 0.29) is 11.4 Å². The molecule has 5 rings (SSSR count). The van der Waals surface area contributed by atoms with Gasteiger partial charge in [0.15, 0.2) is 0 Å². The third kappa shape index (κ3) is 3.10. The zero-order valence-corrected chi connectivity index (χ0v) is 17.7. The second-order valence-electron chi connectivity index (χ2n) is 7.67. The number of fused-ring (bicyclic) bond motifs is 3. The molecule has 3 aromatic heterocycles. The summed E-state index contributed by atoms with van der Waals surface area (Å²) >= 11 is 1.64. The maximum atomic E-state index is 13.3. The number of hydrogen-bond acceptors (Lipinski definition) is 4. The molecule has 3 heterocycles. The highest BCUT2D eigenvalue weighted by Gasteiger charge is 2.20. The number of halogens is 1. The molecule has 0 spiro atoms. The number of nitrogens with zero attached hydrogens (tertiary/aromatic N) is 4. The summed E-state index contributed by atoms with van der Waals surface area (Å²) in [6.45, 7) is 3.97. The average Bonchev–Trinajstić information content (AvgIpc) is 3.25. The summed E-state index contributed by atoms with van der Waals surface area (Å²) in [6.07, 6.45) is 7.47. The molecule has 0 aliphatic heterocycles. The van der Waals surface area contributed by atoms with Crippen LogP contribution in [0.4, 0.5) is 4.39 Å². The largest absolute Gasteiger partial charge is 0.318 e. The first-order chi connectivity index (χ1) is 14.5. The Morgan fingerprint density at radius 3 is 2.73 bits per heavy atom. The summed E-state index contributed by atoms with van der Waals surface area (Å²) in [7, 11) is 0. The van der Waals surface area contributed by atoms with Crippen molar-refractivity contribution in [1.29, 1.82) is 0 Å². The molecule has 152 valence electrons. The van der Waals surface area contributed by atoms with E-state index in [9.17, 15) is 9.18 Å². The Labute approximate surface area is 177 Å². The predicted molar refractivity (Wildman–Crippen MR) is 119 cm³/mol. The van der Waals surface area contributed by atoms with E-state index in [1.807, 2.05) is 24.5 Å². The number of aromatic nitrogens is 3. The molecule has 0 saturated heterocycles. The van der Waals surface area contributed by atoms with Crippen LogP contribution in [0, 0.1) is 19.7 Å². The van der Waals surface area contributed by atoms with Gasteiger partial charge in [0.2, 0.25) is 0 Å². The third-order valence-electron chi connectivity index (χ3n) is 5.74. The summed E-state index contributed by atoms with van der Waals surface area (Å²) in [5, 5.41) is 5.15. The maximum absolute atomic E-state index is 13.3. The van der Waals surface area contributed by atoms with Gasteiger partial charge in [-0.25, -0.2) is 9.37 Å². The Hall–Kier alpha value is -3.06. The lowest BCUT2D eigenvalue weighted by Gasteiger charge is -2.09. The van der Waals surface area contributed by atoms with E-state index < -0.39 is 0 Å². The van der Waals surface area contributed by atoms with Gasteiger partial charge in [0.25, 0.3) is 5.56 Å². The first kappa shape index (κ1) is 18.9. The van der Waals surface area contributed by atoms with Gasteiger partial charge in [-0.2, -0.15) is 9.78 Å². The van der Waals surface area contributed by atoms with Crippen LogP contribution in [0.2, 0.25) is 0 Å². The SMILES string of the molecule is Cc1cc(/C=N/n2cnc3sc4c(c3c2=O)CCCC4)c(C)n1-c1ccc(F)cc1. The molecule has 0 unspecified atom stereocenters. The van der Waals surface area contributed by atoms with Crippen molar-refractivity contribution in [2.45, 2.75) is 39.5 Å². The maximum Gasteiger partial charge on any atom is 0.282 e. The van der Waals surface area contributed by atoms with Gasteiger partial charge in [-0.3, -0.25) is 4.79 Å². The molecule has 0 bridgehead atoms. The molecule has 4 aromatic rings. The first-order valence-electron chi connectivity index (χ1n) is 10.0. The molecule has 1 aliphatic carbocycles. The molecule has 0 fully saturated rings. The molecular formula is C23H21FN4OS. The monoisotopic (exact) mass is 420 g/mol. The number of hydrogen-bond donors (Lipinski definition) is 0. The summed E-state index contributed by atoms with van der Waals surface area (Å²) < 4.78 is 16.6. The van der Waals surface area contributed by atoms with Crippen LogP contribution in [-0.2, 0) is 12.8 Å². The van der Waals surface area contributed by atoms with Crippen molar-refractivity contribution < 1.29 is 4.39 Å². The van der Waals surface area contributed by atoms with Crippen LogP contribution >= 0.6 is 11.3 Å². The standard InChI is InChI=1S/C23H21FN4OS/c1-14-11-16(15(2)28(14)18-9-7-17(24)8-10-18)12-26-27-13-25-22-21(23(27)29)19-5-3-4-6-20(19)30-22/h7-13H,3-6H2,1-2H3/b26-12+. The summed E-state index contributed by atoms with van der Waals surface area (Å²) in [5.41, 5.74) is 4.82. The highest BCUT2D eigenvalue weighted by atomic mass is 32.1. The van der Waals surface area contributed by atoms with Crippen LogP contribution in [0.15, 0.2) is 46.6 Å². The van der Waals surface area contributed by atoms with Crippen molar-refractivity contribution in [2.75, 3.05) is 0 Å². The van der Waals surface area contributed by atoms with Gasteiger partial charge in [0.05, 0.1) is 11.6 Å². The van der Waals surface area contributed by atoms with Gasteiger partial charge in [-0.1, -0.05) is 0 Å². The molecule has 0 radical (unpaired) electrons. The molecule has 30 heavy (non-hydrogen) atoms. The first-order valence-corrected chi connectivity index (χ1v) is 10.9. The molecule has 7 heteroatoms. The second-order valence-corrected chi connectivity index (χ2v) is 8.75. The molecular weight excluding hydrogens is 399 g/mol. The van der Waals surface area contributed by atoms with Crippen molar-refractivity contribution in [3.8, 4) is 5.69 Å². The van der Waals surface area contributed by atoms with E-state index in [2.05, 4.69) is 10.1 Å². The van der Waals surface area contributed by atoms with Crippen LogP contribution in [0.3, 0.4) is 0 Å². The fourth-order valence-electron chi connectivity index (χ4n) is 4.25. The van der Waals surface area contributed by atoms with Gasteiger partial charge in [0.1, 0.15) is 17.0 Å². The minimum Gasteiger partial charge on any atom is -0.318 e.